The maximum atomic E-state index is 4.85. The molecule has 0 spiro atoms. The Labute approximate surface area is 69.8 Å². The summed E-state index contributed by atoms with van der Waals surface area (Å²) in [5.41, 5.74) is 0. The third kappa shape index (κ3) is 2.87. The minimum Gasteiger partial charge on any atom is -1.00 e. The molecule has 0 aromatic carbocycles. The fourth-order valence-corrected chi connectivity index (χ4v) is 0.703. The van der Waals surface area contributed by atoms with Crippen molar-refractivity contribution in [1.29, 1.82) is 0 Å². The van der Waals surface area contributed by atoms with Crippen molar-refractivity contribution in [1.82, 2.24) is 0 Å². The second kappa shape index (κ2) is 4.09. The van der Waals surface area contributed by atoms with Gasteiger partial charge < -0.3 is 12.3 Å². The van der Waals surface area contributed by atoms with Crippen LogP contribution < -0.4 is 0 Å². The summed E-state index contributed by atoms with van der Waals surface area (Å²) in [6.45, 7) is 1.44. The fourth-order valence-electron chi connectivity index (χ4n) is 0.330. The fraction of sp³-hybridized carbons (Fsp3) is 1.00. The maximum absolute atomic E-state index is 4.85. The molecule has 1 heterocycles. The molecule has 4 heteroatoms. The first-order valence-corrected chi connectivity index (χ1v) is 2.68. The minimum atomic E-state index is -0.141. The second-order valence-corrected chi connectivity index (χ2v) is 1.76. The monoisotopic (exact) mass is 178 g/mol. The first-order chi connectivity index (χ1) is 2.89. The van der Waals surface area contributed by atoms with Gasteiger partial charge in [0.1, 0.15) is 0 Å². The summed E-state index contributed by atoms with van der Waals surface area (Å²) >= 11 is 3.09. The van der Waals surface area contributed by atoms with Crippen molar-refractivity contribution in [2.24, 2.45) is 0 Å². The van der Waals surface area contributed by atoms with E-state index in [4.69, 9.17) is 9.47 Å². The quantitative estimate of drug-likeness (QED) is 0.399. The molecular formula is C3H7BrMgO2. The Morgan fingerprint density at radius 3 is 2.00 bits per heavy atom. The van der Waals surface area contributed by atoms with Crippen molar-refractivity contribution in [2.45, 2.75) is 5.20 Å². The van der Waals surface area contributed by atoms with E-state index < -0.39 is 0 Å². The summed E-state index contributed by atoms with van der Waals surface area (Å²) in [7, 11) is 0. The topological polar surface area (TPSA) is 18.5 Å². The first-order valence-electron chi connectivity index (χ1n) is 1.77. The van der Waals surface area contributed by atoms with Gasteiger partial charge in [0.2, 0.25) is 5.20 Å². The van der Waals surface area contributed by atoms with Crippen molar-refractivity contribution < 1.29 is 12.3 Å². The Morgan fingerprint density at radius 2 is 1.86 bits per heavy atom. The van der Waals surface area contributed by atoms with Crippen LogP contribution in [0.1, 0.15) is 2.85 Å². The van der Waals surface area contributed by atoms with E-state index in [0.29, 0.717) is 0 Å². The predicted molar refractivity (Wildman–Crippen MR) is 32.6 cm³/mol. The molecule has 0 unspecified atom stereocenters. The third-order valence-electron chi connectivity index (χ3n) is 0.581. The summed E-state index contributed by atoms with van der Waals surface area (Å²) in [6.07, 6.45) is 0. The van der Waals surface area contributed by atoms with E-state index in [1.165, 1.54) is 0 Å². The Bertz CT molecular complexity index is 53.1. The molecule has 0 radical (unpaired) electrons. The zero-order valence-corrected chi connectivity index (χ0v) is 6.89. The molecular weight excluding hydrogens is 172 g/mol. The molecule has 1 fully saturated rings. The van der Waals surface area contributed by atoms with Crippen LogP contribution in [-0.2, 0) is 9.47 Å². The van der Waals surface area contributed by atoms with Crippen molar-refractivity contribution >= 4 is 39.0 Å². The van der Waals surface area contributed by atoms with Crippen LogP contribution in [-0.4, -0.2) is 41.5 Å². The van der Waals surface area contributed by atoms with Gasteiger partial charge in [0.25, 0.3) is 0 Å². The smallest absolute Gasteiger partial charge is 1.00 e. The molecule has 0 N–H and O–H groups in total. The molecule has 0 amide bonds. The summed E-state index contributed by atoms with van der Waals surface area (Å²) < 4.78 is 9.69. The van der Waals surface area contributed by atoms with Crippen molar-refractivity contribution in [3.63, 3.8) is 0 Å². The van der Waals surface area contributed by atoms with Crippen molar-refractivity contribution in [3.8, 4) is 0 Å². The van der Waals surface area contributed by atoms with Crippen LogP contribution in [0.25, 0.3) is 0 Å². The maximum Gasteiger partial charge on any atom is 2.00 e. The van der Waals surface area contributed by atoms with E-state index in [-0.39, 0.29) is 31.1 Å². The molecule has 1 aliphatic heterocycles. The van der Waals surface area contributed by atoms with Crippen LogP contribution in [0.4, 0.5) is 0 Å². The Balaban J connectivity index is -0.000000120. The molecule has 0 aliphatic carbocycles. The molecule has 0 aromatic rings. The normalized spacial score (nSPS) is 21.9. The summed E-state index contributed by atoms with van der Waals surface area (Å²) in [4.78, 5) is 0. The predicted octanol–water partition coefficient (Wildman–Crippen LogP) is 0.556. The molecule has 1 saturated heterocycles. The van der Waals surface area contributed by atoms with Gasteiger partial charge in [-0.3, -0.25) is 0 Å². The van der Waals surface area contributed by atoms with E-state index >= 15 is 0 Å². The Hall–Kier alpha value is 1.17. The van der Waals surface area contributed by atoms with Gasteiger partial charge in [-0.2, -0.15) is 0 Å². The Kier molecular flexibility index (Phi) is 4.77. The second-order valence-electron chi connectivity index (χ2n) is 1.02. The largest absolute Gasteiger partial charge is 2.00 e. The van der Waals surface area contributed by atoms with Crippen LogP contribution in [0, 0.1) is 0 Å². The Morgan fingerprint density at radius 1 is 1.43 bits per heavy atom. The average molecular weight is 179 g/mol. The minimum absolute atomic E-state index is 0. The van der Waals surface area contributed by atoms with Crippen LogP contribution in [0.3, 0.4) is 0 Å². The van der Waals surface area contributed by atoms with Gasteiger partial charge in [-0.05, 0) is 15.9 Å². The number of halogens is 1. The third-order valence-corrected chi connectivity index (χ3v) is 1.11. The van der Waals surface area contributed by atoms with Crippen molar-refractivity contribution in [2.75, 3.05) is 13.2 Å². The molecule has 0 aromatic heterocycles. The van der Waals surface area contributed by atoms with Gasteiger partial charge in [-0.25, -0.2) is 0 Å². The van der Waals surface area contributed by atoms with E-state index in [2.05, 4.69) is 15.9 Å². The molecule has 0 bridgehead atoms. The number of hydrogen-bond donors (Lipinski definition) is 0. The number of ether oxygens (including phenoxy) is 2. The number of rotatable bonds is 0. The first kappa shape index (κ1) is 8.17. The standard InChI is InChI=1S/C3H5BrO2.Mg.2H/c4-3-5-1-2-6-3;;;/h3H,1-2H2;;;/q;+2;2*-1. The van der Waals surface area contributed by atoms with Crippen LogP contribution in [0.5, 0.6) is 0 Å². The van der Waals surface area contributed by atoms with Crippen LogP contribution >= 0.6 is 15.9 Å². The van der Waals surface area contributed by atoms with E-state index in [0.717, 1.165) is 13.2 Å². The summed E-state index contributed by atoms with van der Waals surface area (Å²) in [5, 5.41) is -0.141. The van der Waals surface area contributed by atoms with Gasteiger partial charge in [0.15, 0.2) is 0 Å². The molecule has 40 valence electrons. The van der Waals surface area contributed by atoms with Gasteiger partial charge in [-0.1, -0.05) is 0 Å². The number of alkyl halides is 1. The molecule has 7 heavy (non-hydrogen) atoms. The SMILES string of the molecule is BrC1OCCO1.[H-].[H-].[Mg+2]. The molecule has 1 rings (SSSR count). The molecule has 1 aliphatic rings. The van der Waals surface area contributed by atoms with E-state index in [1.807, 2.05) is 0 Å². The van der Waals surface area contributed by atoms with Gasteiger partial charge in [0, 0.05) is 0 Å². The number of hydrogen-bond acceptors (Lipinski definition) is 2. The zero-order valence-electron chi connectivity index (χ0n) is 5.89. The zero-order chi connectivity index (χ0) is 4.41. The van der Waals surface area contributed by atoms with Gasteiger partial charge in [-0.15, -0.1) is 0 Å². The molecule has 2 nitrogen and oxygen atoms in total. The molecule has 0 atom stereocenters. The summed E-state index contributed by atoms with van der Waals surface area (Å²) in [6, 6.07) is 0. The van der Waals surface area contributed by atoms with Crippen LogP contribution in [0.2, 0.25) is 0 Å². The van der Waals surface area contributed by atoms with Gasteiger partial charge >= 0.3 is 23.1 Å². The van der Waals surface area contributed by atoms with Crippen molar-refractivity contribution in [3.05, 3.63) is 0 Å². The average Bonchev–Trinajstić information content (AvgIpc) is 1.86. The van der Waals surface area contributed by atoms with Gasteiger partial charge in [0.05, 0.1) is 13.2 Å². The summed E-state index contributed by atoms with van der Waals surface area (Å²) in [5.74, 6) is 0. The van der Waals surface area contributed by atoms with Crippen LogP contribution in [0.15, 0.2) is 0 Å². The van der Waals surface area contributed by atoms with E-state index in [1.54, 1.807) is 0 Å². The van der Waals surface area contributed by atoms with E-state index in [9.17, 15) is 0 Å². The molecule has 0 saturated carbocycles.